The Morgan fingerprint density at radius 3 is 0.526 bits per heavy atom. The summed E-state index contributed by atoms with van der Waals surface area (Å²) in [5.74, 6) is 0.746. The van der Waals surface area contributed by atoms with E-state index < -0.39 is 0 Å². The standard InChI is InChI=1S/C21H45NO6.C20H44N2O5.C16H36N2O3/c1-20(2)6-5-8-23-10-12-25-14-16-27-18-19-28-17-15-26-13-11-24-9-7-22-21(3)4;1-19(2)21-7-5-9-23-11-13-25-15-17-27-18-16-26-14-12-24-10-6-8-22-20(3)4;1-15(2)17-7-5-9-19-11-13-21-14-12-20-10-6-8-18-16(3)4/h20-22H,5-19H2,1-4H3;19-22H,5-18H2,1-4H3;15-18H,5-14H2,1-4H3. The largest absolute Gasteiger partial charge is 0.379 e. The fraction of sp³-hybridized carbons (Fsp3) is 1.00. The predicted octanol–water partition coefficient (Wildman–Crippen LogP) is 6.18. The van der Waals surface area contributed by atoms with Gasteiger partial charge in [0.1, 0.15) is 0 Å². The molecule has 0 heterocycles. The highest BCUT2D eigenvalue weighted by Crippen LogP contribution is 2.03. The fourth-order valence-electron chi connectivity index (χ4n) is 6.00. The third kappa shape index (κ3) is 87.1. The zero-order valence-corrected chi connectivity index (χ0v) is 51.3. The lowest BCUT2D eigenvalue weighted by Crippen LogP contribution is -2.27. The van der Waals surface area contributed by atoms with E-state index in [0.29, 0.717) is 182 Å². The van der Waals surface area contributed by atoms with Crippen molar-refractivity contribution in [1.82, 2.24) is 26.6 Å². The Kier molecular flexibility index (Phi) is 73.6. The lowest BCUT2D eigenvalue weighted by Gasteiger charge is -2.09. The van der Waals surface area contributed by atoms with Gasteiger partial charge in [-0.05, 0) is 70.6 Å². The number of hydrogen-bond acceptors (Lipinski definition) is 19. The lowest BCUT2D eigenvalue weighted by molar-refractivity contribution is -0.0167. The van der Waals surface area contributed by atoms with Gasteiger partial charge < -0.3 is 92.9 Å². The first-order valence-electron chi connectivity index (χ1n) is 29.6. The molecule has 0 aromatic rings. The van der Waals surface area contributed by atoms with E-state index in [2.05, 4.69) is 110 Å². The number of ether oxygens (including phenoxy) is 14. The molecule has 0 spiro atoms. The minimum Gasteiger partial charge on any atom is -0.379 e. The summed E-state index contributed by atoms with van der Waals surface area (Å²) in [6.07, 6.45) is 6.49. The molecule has 5 N–H and O–H groups in total. The summed E-state index contributed by atoms with van der Waals surface area (Å²) in [5, 5.41) is 16.7. The van der Waals surface area contributed by atoms with Crippen LogP contribution in [0.3, 0.4) is 0 Å². The van der Waals surface area contributed by atoms with Crippen LogP contribution in [0.1, 0.15) is 122 Å². The molecule has 0 unspecified atom stereocenters. The van der Waals surface area contributed by atoms with E-state index in [-0.39, 0.29) is 0 Å². The Labute approximate surface area is 467 Å². The Morgan fingerprint density at radius 1 is 0.184 bits per heavy atom. The third-order valence-electron chi connectivity index (χ3n) is 10.0. The summed E-state index contributed by atoms with van der Waals surface area (Å²) in [6.45, 7) is 48.9. The second-order valence-electron chi connectivity index (χ2n) is 20.1. The van der Waals surface area contributed by atoms with Gasteiger partial charge >= 0.3 is 0 Å². The van der Waals surface area contributed by atoms with Crippen molar-refractivity contribution in [3.63, 3.8) is 0 Å². The molecule has 0 aromatic heterocycles. The average Bonchev–Trinajstić information content (AvgIpc) is 3.37. The van der Waals surface area contributed by atoms with Crippen molar-refractivity contribution in [3.8, 4) is 0 Å². The molecular weight excluding hydrogens is 979 g/mol. The van der Waals surface area contributed by atoms with Gasteiger partial charge in [-0.3, -0.25) is 0 Å². The molecule has 0 bridgehead atoms. The zero-order valence-electron chi connectivity index (χ0n) is 51.3. The van der Waals surface area contributed by atoms with Crippen LogP contribution in [0.25, 0.3) is 0 Å². The van der Waals surface area contributed by atoms with Gasteiger partial charge in [0, 0.05) is 69.8 Å². The zero-order chi connectivity index (χ0) is 56.5. The van der Waals surface area contributed by atoms with Crippen LogP contribution in [0.5, 0.6) is 0 Å². The van der Waals surface area contributed by atoms with Crippen molar-refractivity contribution >= 4 is 0 Å². The van der Waals surface area contributed by atoms with E-state index in [1.165, 1.54) is 6.42 Å². The molecule has 0 aromatic carbocycles. The smallest absolute Gasteiger partial charge is 0.0701 e. The van der Waals surface area contributed by atoms with E-state index in [0.717, 1.165) is 104 Å². The van der Waals surface area contributed by atoms with Crippen molar-refractivity contribution in [3.05, 3.63) is 0 Å². The highest BCUT2D eigenvalue weighted by Gasteiger charge is 2.00. The van der Waals surface area contributed by atoms with Gasteiger partial charge in [-0.15, -0.1) is 0 Å². The van der Waals surface area contributed by atoms with E-state index >= 15 is 0 Å². The topological polar surface area (TPSA) is 189 Å². The Morgan fingerprint density at radius 2 is 0.342 bits per heavy atom. The molecule has 0 saturated carbocycles. The quantitative estimate of drug-likeness (QED) is 0.0434. The summed E-state index contributed by atoms with van der Waals surface area (Å²) in [5.41, 5.74) is 0. The normalized spacial score (nSPS) is 11.8. The van der Waals surface area contributed by atoms with Gasteiger partial charge in [-0.25, -0.2) is 0 Å². The van der Waals surface area contributed by atoms with E-state index in [1.807, 2.05) is 0 Å². The van der Waals surface area contributed by atoms with Gasteiger partial charge in [-0.2, -0.15) is 0 Å². The van der Waals surface area contributed by atoms with Crippen LogP contribution in [0.2, 0.25) is 0 Å². The molecule has 19 nitrogen and oxygen atoms in total. The minimum atomic E-state index is 0.498. The first-order chi connectivity index (χ1) is 36.9. The molecule has 0 fully saturated rings. The second kappa shape index (κ2) is 70.3. The highest BCUT2D eigenvalue weighted by molar-refractivity contribution is 4.55. The molecule has 0 aliphatic carbocycles. The van der Waals surface area contributed by atoms with Crippen LogP contribution in [-0.4, -0.2) is 248 Å². The van der Waals surface area contributed by atoms with Gasteiger partial charge in [0.2, 0.25) is 0 Å². The molecule has 0 aliphatic heterocycles. The molecule has 0 rings (SSSR count). The van der Waals surface area contributed by atoms with Crippen LogP contribution in [0.15, 0.2) is 0 Å². The highest BCUT2D eigenvalue weighted by atomic mass is 16.6. The molecule has 462 valence electrons. The maximum atomic E-state index is 5.51. The molecule has 0 atom stereocenters. The lowest BCUT2D eigenvalue weighted by atomic mass is 10.1. The summed E-state index contributed by atoms with van der Waals surface area (Å²) in [7, 11) is 0. The Bertz CT molecular complexity index is 941. The molecule has 19 heteroatoms. The van der Waals surface area contributed by atoms with Gasteiger partial charge in [0.25, 0.3) is 0 Å². The monoisotopic (exact) mass is 1100 g/mol. The maximum absolute atomic E-state index is 5.51. The van der Waals surface area contributed by atoms with Gasteiger partial charge in [0.15, 0.2) is 0 Å². The van der Waals surface area contributed by atoms with Crippen molar-refractivity contribution < 1.29 is 66.3 Å². The second-order valence-corrected chi connectivity index (χ2v) is 20.1. The molecule has 76 heavy (non-hydrogen) atoms. The van der Waals surface area contributed by atoms with Crippen molar-refractivity contribution in [2.24, 2.45) is 5.92 Å². The van der Waals surface area contributed by atoms with Crippen molar-refractivity contribution in [2.75, 3.05) is 218 Å². The van der Waals surface area contributed by atoms with E-state index in [9.17, 15) is 0 Å². The van der Waals surface area contributed by atoms with E-state index in [1.54, 1.807) is 0 Å². The Balaban J connectivity index is -0.00000106. The molecule has 0 aliphatic rings. The Hall–Kier alpha value is -0.760. The molecule has 0 radical (unpaired) electrons. The van der Waals surface area contributed by atoms with E-state index in [4.69, 9.17) is 66.3 Å². The van der Waals surface area contributed by atoms with Crippen LogP contribution >= 0.6 is 0 Å². The number of nitrogens with one attached hydrogen (secondary N) is 5. The van der Waals surface area contributed by atoms with Gasteiger partial charge in [0.05, 0.1) is 152 Å². The summed E-state index contributed by atoms with van der Waals surface area (Å²) >= 11 is 0. The van der Waals surface area contributed by atoms with Gasteiger partial charge in [-0.1, -0.05) is 83.1 Å². The van der Waals surface area contributed by atoms with Crippen LogP contribution in [-0.2, 0) is 66.3 Å². The summed E-state index contributed by atoms with van der Waals surface area (Å²) < 4.78 is 76.5. The van der Waals surface area contributed by atoms with Crippen molar-refractivity contribution in [1.29, 1.82) is 0 Å². The molecular formula is C57H125N5O14. The summed E-state index contributed by atoms with van der Waals surface area (Å²) in [6, 6.07) is 2.67. The SMILES string of the molecule is CC(C)CCCOCCOCCOCCOCCOCCOCCNC(C)C.CC(C)NCCCOCCOCCOCCCNC(C)C.CC(C)NCCCOCCOCCOCCOCCOCCCNC(C)C. The number of rotatable bonds is 61. The van der Waals surface area contributed by atoms with Crippen molar-refractivity contribution in [2.45, 2.75) is 152 Å². The van der Waals surface area contributed by atoms with Crippen LogP contribution in [0, 0.1) is 5.92 Å². The predicted molar refractivity (Wildman–Crippen MR) is 310 cm³/mol. The molecule has 0 amide bonds. The first-order valence-corrected chi connectivity index (χ1v) is 29.6. The summed E-state index contributed by atoms with van der Waals surface area (Å²) in [4.78, 5) is 0. The van der Waals surface area contributed by atoms with Crippen LogP contribution in [0.4, 0.5) is 0 Å². The minimum absolute atomic E-state index is 0.498. The fourth-order valence-corrected chi connectivity index (χ4v) is 6.00. The third-order valence-corrected chi connectivity index (χ3v) is 10.0. The number of hydrogen-bond donors (Lipinski definition) is 5. The van der Waals surface area contributed by atoms with Crippen LogP contribution < -0.4 is 26.6 Å². The first kappa shape index (κ1) is 79.5. The maximum Gasteiger partial charge on any atom is 0.0701 e. The molecule has 0 saturated heterocycles. The average molecular weight is 1100 g/mol.